The number of rotatable bonds is 7. The third kappa shape index (κ3) is 2.27. The molecule has 23 heavy (non-hydrogen) atoms. The standard InChI is InChI=1S/C20H37BN2/c1-9-19(14(3)15(4)23)11-12-20(10-2,17(6,7)13-22)18(19,8)16(5)21/h3-5,9-13,21-23H2,1-2,6-8H3. The molecular formula is C20H37BN2. The minimum absolute atomic E-state index is 0.0165. The van der Waals surface area contributed by atoms with Crippen LogP contribution in [0.2, 0.25) is 0 Å². The molecule has 0 spiro atoms. The Morgan fingerprint density at radius 3 is 1.96 bits per heavy atom. The summed E-state index contributed by atoms with van der Waals surface area (Å²) in [6.07, 6.45) is 4.26. The van der Waals surface area contributed by atoms with Gasteiger partial charge in [-0.2, -0.15) is 0 Å². The van der Waals surface area contributed by atoms with Crippen LogP contribution in [0, 0.1) is 21.7 Å². The SMILES string of the molecule is BC(=C)C1(C)C(CC)(C(=C)C(=C)N)CCC1(CC)C(C)(C)CN. The average molecular weight is 316 g/mol. The molecule has 0 saturated heterocycles. The van der Waals surface area contributed by atoms with E-state index in [4.69, 9.17) is 11.5 Å². The van der Waals surface area contributed by atoms with E-state index in [2.05, 4.69) is 62.2 Å². The Balaban J connectivity index is 3.78. The van der Waals surface area contributed by atoms with Gasteiger partial charge in [-0.05, 0) is 54.0 Å². The van der Waals surface area contributed by atoms with Crippen LogP contribution in [0.5, 0.6) is 0 Å². The second kappa shape index (κ2) is 6.16. The Hall–Kier alpha value is -0.955. The molecule has 1 rings (SSSR count). The highest BCUT2D eigenvalue weighted by Crippen LogP contribution is 2.75. The fraction of sp³-hybridized carbons (Fsp3) is 0.700. The second-order valence-corrected chi connectivity index (χ2v) is 8.37. The van der Waals surface area contributed by atoms with Gasteiger partial charge in [0.05, 0.1) is 0 Å². The molecule has 3 heteroatoms. The molecule has 0 aromatic heterocycles. The highest BCUT2D eigenvalue weighted by Gasteiger charge is 2.68. The maximum absolute atomic E-state index is 6.24. The molecule has 1 aliphatic rings. The van der Waals surface area contributed by atoms with Gasteiger partial charge >= 0.3 is 0 Å². The maximum atomic E-state index is 6.24. The summed E-state index contributed by atoms with van der Waals surface area (Å²) in [7, 11) is 2.17. The van der Waals surface area contributed by atoms with Crippen molar-refractivity contribution in [3.05, 3.63) is 36.5 Å². The van der Waals surface area contributed by atoms with Crippen molar-refractivity contribution in [2.24, 2.45) is 33.1 Å². The van der Waals surface area contributed by atoms with Crippen LogP contribution < -0.4 is 11.5 Å². The molecule has 1 fully saturated rings. The molecule has 3 atom stereocenters. The molecule has 0 aromatic carbocycles. The van der Waals surface area contributed by atoms with Gasteiger partial charge < -0.3 is 11.5 Å². The highest BCUT2D eigenvalue weighted by molar-refractivity contribution is 6.22. The lowest BCUT2D eigenvalue weighted by molar-refractivity contribution is -0.0483. The Morgan fingerprint density at radius 2 is 1.65 bits per heavy atom. The highest BCUT2D eigenvalue weighted by atomic mass is 14.8. The second-order valence-electron chi connectivity index (χ2n) is 8.37. The van der Waals surface area contributed by atoms with Gasteiger partial charge in [-0.25, -0.2) is 0 Å². The smallest absolute Gasteiger partial charge is 0.133 e. The quantitative estimate of drug-likeness (QED) is 0.555. The lowest BCUT2D eigenvalue weighted by Crippen LogP contribution is -2.56. The van der Waals surface area contributed by atoms with E-state index < -0.39 is 0 Å². The molecule has 1 saturated carbocycles. The summed E-state index contributed by atoms with van der Waals surface area (Å²) in [5.74, 6) is 0. The summed E-state index contributed by atoms with van der Waals surface area (Å²) >= 11 is 0. The van der Waals surface area contributed by atoms with Gasteiger partial charge in [0, 0.05) is 11.1 Å². The molecule has 0 heterocycles. The minimum Gasteiger partial charge on any atom is -0.399 e. The predicted molar refractivity (Wildman–Crippen MR) is 106 cm³/mol. The number of hydrogen-bond donors (Lipinski definition) is 2. The van der Waals surface area contributed by atoms with Crippen LogP contribution in [0.25, 0.3) is 0 Å². The van der Waals surface area contributed by atoms with Gasteiger partial charge in [-0.3, -0.25) is 0 Å². The van der Waals surface area contributed by atoms with Crippen LogP contribution >= 0.6 is 0 Å². The zero-order valence-electron chi connectivity index (χ0n) is 16.3. The van der Waals surface area contributed by atoms with Crippen molar-refractivity contribution in [1.29, 1.82) is 0 Å². The zero-order valence-corrected chi connectivity index (χ0v) is 16.3. The summed E-state index contributed by atoms with van der Waals surface area (Å²) in [6, 6.07) is 0. The van der Waals surface area contributed by atoms with Gasteiger partial charge in [0.15, 0.2) is 0 Å². The maximum Gasteiger partial charge on any atom is 0.133 e. The normalized spacial score (nSPS) is 34.3. The summed E-state index contributed by atoms with van der Waals surface area (Å²) < 4.78 is 0. The van der Waals surface area contributed by atoms with E-state index in [1.54, 1.807) is 0 Å². The van der Waals surface area contributed by atoms with Gasteiger partial charge in [0.1, 0.15) is 7.85 Å². The van der Waals surface area contributed by atoms with Gasteiger partial charge in [0.25, 0.3) is 0 Å². The van der Waals surface area contributed by atoms with Crippen LogP contribution in [0.1, 0.15) is 60.3 Å². The molecule has 3 unspecified atom stereocenters. The third-order valence-electron chi connectivity index (χ3n) is 7.72. The predicted octanol–water partition coefficient (Wildman–Crippen LogP) is 3.74. The van der Waals surface area contributed by atoms with Crippen LogP contribution in [-0.2, 0) is 0 Å². The monoisotopic (exact) mass is 316 g/mol. The van der Waals surface area contributed by atoms with Gasteiger partial charge in [0.2, 0.25) is 0 Å². The Labute approximate surface area is 144 Å². The van der Waals surface area contributed by atoms with Crippen molar-refractivity contribution in [2.75, 3.05) is 6.54 Å². The van der Waals surface area contributed by atoms with Crippen LogP contribution in [0.4, 0.5) is 0 Å². The average Bonchev–Trinajstić information content (AvgIpc) is 2.78. The summed E-state index contributed by atoms with van der Waals surface area (Å²) in [6.45, 7) is 25.0. The first-order chi connectivity index (χ1) is 10.4. The summed E-state index contributed by atoms with van der Waals surface area (Å²) in [5, 5.41) is 0. The fourth-order valence-corrected chi connectivity index (χ4v) is 5.92. The zero-order chi connectivity index (χ0) is 18.3. The van der Waals surface area contributed by atoms with Crippen molar-refractivity contribution in [3.8, 4) is 0 Å². The van der Waals surface area contributed by atoms with Crippen LogP contribution in [0.3, 0.4) is 0 Å². The number of nitrogens with two attached hydrogens (primary N) is 2. The van der Waals surface area contributed by atoms with Crippen molar-refractivity contribution < 1.29 is 0 Å². The van der Waals surface area contributed by atoms with E-state index in [1.165, 1.54) is 5.47 Å². The molecule has 4 N–H and O–H groups in total. The van der Waals surface area contributed by atoms with Crippen molar-refractivity contribution in [1.82, 2.24) is 0 Å². The van der Waals surface area contributed by atoms with Crippen LogP contribution in [0.15, 0.2) is 36.5 Å². The molecule has 130 valence electrons. The topological polar surface area (TPSA) is 52.0 Å². The van der Waals surface area contributed by atoms with Gasteiger partial charge in [-0.1, -0.05) is 47.8 Å². The number of hydrogen-bond acceptors (Lipinski definition) is 2. The van der Waals surface area contributed by atoms with E-state index in [1.807, 2.05) is 0 Å². The van der Waals surface area contributed by atoms with E-state index >= 15 is 0 Å². The first kappa shape index (κ1) is 20.1. The fourth-order valence-electron chi connectivity index (χ4n) is 5.92. The molecule has 0 amide bonds. The van der Waals surface area contributed by atoms with Crippen molar-refractivity contribution in [3.63, 3.8) is 0 Å². The summed E-state index contributed by atoms with van der Waals surface area (Å²) in [5.41, 5.74) is 15.1. The van der Waals surface area contributed by atoms with Crippen LogP contribution in [-0.4, -0.2) is 14.4 Å². The van der Waals surface area contributed by atoms with E-state index in [9.17, 15) is 0 Å². The first-order valence-corrected chi connectivity index (χ1v) is 8.94. The van der Waals surface area contributed by atoms with Crippen molar-refractivity contribution >= 4 is 7.85 Å². The summed E-state index contributed by atoms with van der Waals surface area (Å²) in [4.78, 5) is 0. The molecular weight excluding hydrogens is 279 g/mol. The van der Waals surface area contributed by atoms with Gasteiger partial charge in [-0.15, -0.1) is 12.1 Å². The molecule has 0 bridgehead atoms. The Morgan fingerprint density at radius 1 is 1.13 bits per heavy atom. The largest absolute Gasteiger partial charge is 0.399 e. The lowest BCUT2D eigenvalue weighted by atomic mass is 9.42. The lowest BCUT2D eigenvalue weighted by Gasteiger charge is -2.60. The van der Waals surface area contributed by atoms with E-state index in [-0.39, 0.29) is 21.7 Å². The van der Waals surface area contributed by atoms with E-state index in [0.29, 0.717) is 12.2 Å². The van der Waals surface area contributed by atoms with E-state index in [0.717, 1.165) is 31.3 Å². The van der Waals surface area contributed by atoms with Crippen molar-refractivity contribution in [2.45, 2.75) is 60.3 Å². The minimum atomic E-state index is -0.105. The molecule has 0 radical (unpaired) electrons. The Bertz CT molecular complexity index is 522. The molecule has 1 aliphatic carbocycles. The molecule has 0 aliphatic heterocycles. The number of allylic oxidation sites excluding steroid dienone is 2. The third-order valence-corrected chi connectivity index (χ3v) is 7.72. The molecule has 0 aromatic rings. The Kier molecular flexibility index (Phi) is 5.38. The first-order valence-electron chi connectivity index (χ1n) is 8.94. The molecule has 2 nitrogen and oxygen atoms in total.